The maximum atomic E-state index is 5.62. The molecule has 2 bridgehead atoms. The van der Waals surface area contributed by atoms with Crippen LogP contribution in [0.3, 0.4) is 0 Å². The van der Waals surface area contributed by atoms with E-state index >= 15 is 0 Å². The predicted octanol–water partition coefficient (Wildman–Crippen LogP) is 0.0249. The number of rotatable bonds is 1. The maximum absolute atomic E-state index is 5.62. The van der Waals surface area contributed by atoms with E-state index in [0.717, 1.165) is 19.6 Å². The largest absolute Gasteiger partial charge is 0.356 e. The summed E-state index contributed by atoms with van der Waals surface area (Å²) in [7, 11) is 0. The molecule has 2 fully saturated rings. The molecule has 2 atom stereocenters. The molecule has 3 heteroatoms. The highest BCUT2D eigenvalue weighted by atomic mass is 16.5. The van der Waals surface area contributed by atoms with Crippen LogP contribution in [0.15, 0.2) is 0 Å². The van der Waals surface area contributed by atoms with Crippen molar-refractivity contribution in [3.05, 3.63) is 0 Å². The number of hydrogen-bond acceptors (Lipinski definition) is 3. The van der Waals surface area contributed by atoms with Crippen molar-refractivity contribution in [1.82, 2.24) is 10.2 Å². The van der Waals surface area contributed by atoms with Crippen LogP contribution in [-0.2, 0) is 4.74 Å². The minimum atomic E-state index is 0.302. The van der Waals surface area contributed by atoms with E-state index in [-0.39, 0.29) is 0 Å². The van der Waals surface area contributed by atoms with Gasteiger partial charge >= 0.3 is 0 Å². The highest BCUT2D eigenvalue weighted by molar-refractivity contribution is 4.85. The lowest BCUT2D eigenvalue weighted by Crippen LogP contribution is -2.47. The molecule has 0 aromatic rings. The molecular weight excluding hydrogens is 140 g/mol. The van der Waals surface area contributed by atoms with E-state index in [4.69, 9.17) is 4.74 Å². The fourth-order valence-corrected chi connectivity index (χ4v) is 1.78. The van der Waals surface area contributed by atoms with Gasteiger partial charge in [-0.05, 0) is 13.8 Å². The molecule has 2 saturated heterocycles. The normalized spacial score (nSPS) is 38.5. The topological polar surface area (TPSA) is 24.5 Å². The number of ether oxygens (including phenoxy) is 1. The molecule has 3 nitrogen and oxygen atoms in total. The highest BCUT2D eigenvalue weighted by Gasteiger charge is 2.33. The Morgan fingerprint density at radius 2 is 2.27 bits per heavy atom. The van der Waals surface area contributed by atoms with Crippen molar-refractivity contribution in [2.24, 2.45) is 0 Å². The third-order valence-electron chi connectivity index (χ3n) is 2.50. The Morgan fingerprint density at radius 3 is 2.91 bits per heavy atom. The average Bonchev–Trinajstić information content (AvgIpc) is 2.30. The Balaban J connectivity index is 1.97. The zero-order valence-electron chi connectivity index (χ0n) is 7.21. The Bertz CT molecular complexity index is 137. The smallest absolute Gasteiger partial charge is 0.121 e. The summed E-state index contributed by atoms with van der Waals surface area (Å²) in [5.74, 6) is 0. The second-order valence-corrected chi connectivity index (χ2v) is 3.70. The van der Waals surface area contributed by atoms with Crippen LogP contribution < -0.4 is 5.32 Å². The fourth-order valence-electron chi connectivity index (χ4n) is 1.78. The zero-order chi connectivity index (χ0) is 7.84. The standard InChI is InChI=1S/C8H16N2O/c1-6(2)10-4-7-3-9-8(5-10)11-7/h6-9H,3-5H2,1-2H3. The summed E-state index contributed by atoms with van der Waals surface area (Å²) in [6.45, 7) is 7.67. The molecule has 0 aromatic carbocycles. The number of hydrogen-bond donors (Lipinski definition) is 1. The quantitative estimate of drug-likeness (QED) is 0.579. The molecule has 64 valence electrons. The third kappa shape index (κ3) is 1.41. The molecule has 0 amide bonds. The van der Waals surface area contributed by atoms with Crippen molar-refractivity contribution in [2.75, 3.05) is 19.6 Å². The van der Waals surface area contributed by atoms with E-state index in [0.29, 0.717) is 18.4 Å². The van der Waals surface area contributed by atoms with Gasteiger partial charge in [-0.15, -0.1) is 0 Å². The van der Waals surface area contributed by atoms with Crippen LogP contribution in [0.1, 0.15) is 13.8 Å². The Hall–Kier alpha value is -0.120. The molecule has 2 heterocycles. The van der Waals surface area contributed by atoms with E-state index in [9.17, 15) is 0 Å². The molecule has 2 aliphatic heterocycles. The summed E-state index contributed by atoms with van der Waals surface area (Å²) in [5, 5.41) is 3.34. The predicted molar refractivity (Wildman–Crippen MR) is 43.4 cm³/mol. The first kappa shape index (κ1) is 7.53. The lowest BCUT2D eigenvalue weighted by atomic mass is 10.2. The van der Waals surface area contributed by atoms with Crippen molar-refractivity contribution in [3.8, 4) is 0 Å². The number of fused-ring (bicyclic) bond motifs is 2. The van der Waals surface area contributed by atoms with Crippen LogP contribution in [0.4, 0.5) is 0 Å². The van der Waals surface area contributed by atoms with E-state index in [2.05, 4.69) is 24.1 Å². The SMILES string of the molecule is CC(C)N1CC2CNC(C1)O2. The van der Waals surface area contributed by atoms with Gasteiger partial charge < -0.3 is 4.74 Å². The van der Waals surface area contributed by atoms with Gasteiger partial charge in [-0.2, -0.15) is 0 Å². The van der Waals surface area contributed by atoms with Crippen LogP contribution in [0.2, 0.25) is 0 Å². The van der Waals surface area contributed by atoms with Gasteiger partial charge in [0.05, 0.1) is 6.10 Å². The molecule has 0 aliphatic carbocycles. The van der Waals surface area contributed by atoms with Crippen molar-refractivity contribution in [3.63, 3.8) is 0 Å². The van der Waals surface area contributed by atoms with Gasteiger partial charge in [0, 0.05) is 25.7 Å². The van der Waals surface area contributed by atoms with Gasteiger partial charge in [-0.25, -0.2) is 0 Å². The molecule has 0 saturated carbocycles. The number of nitrogens with one attached hydrogen (secondary N) is 1. The number of nitrogens with zero attached hydrogens (tertiary/aromatic N) is 1. The Kier molecular flexibility index (Phi) is 1.87. The highest BCUT2D eigenvalue weighted by Crippen LogP contribution is 2.16. The van der Waals surface area contributed by atoms with Gasteiger partial charge in [0.25, 0.3) is 0 Å². The molecule has 0 aromatic heterocycles. The van der Waals surface area contributed by atoms with Crippen LogP contribution in [0, 0.1) is 0 Å². The van der Waals surface area contributed by atoms with Crippen LogP contribution in [0.25, 0.3) is 0 Å². The second kappa shape index (κ2) is 2.73. The molecule has 1 N–H and O–H groups in total. The maximum Gasteiger partial charge on any atom is 0.121 e. The summed E-state index contributed by atoms with van der Waals surface area (Å²) < 4.78 is 5.62. The lowest BCUT2D eigenvalue weighted by Gasteiger charge is -2.33. The van der Waals surface area contributed by atoms with Crippen molar-refractivity contribution >= 4 is 0 Å². The van der Waals surface area contributed by atoms with Crippen molar-refractivity contribution < 1.29 is 4.74 Å². The first-order chi connectivity index (χ1) is 5.25. The molecule has 0 radical (unpaired) electrons. The van der Waals surface area contributed by atoms with E-state index < -0.39 is 0 Å². The third-order valence-corrected chi connectivity index (χ3v) is 2.50. The fraction of sp³-hybridized carbons (Fsp3) is 1.00. The van der Waals surface area contributed by atoms with Gasteiger partial charge in [-0.3, -0.25) is 10.2 Å². The Labute approximate surface area is 67.7 Å². The lowest BCUT2D eigenvalue weighted by molar-refractivity contribution is -0.0505. The summed E-state index contributed by atoms with van der Waals surface area (Å²) >= 11 is 0. The average molecular weight is 156 g/mol. The Morgan fingerprint density at radius 1 is 1.45 bits per heavy atom. The van der Waals surface area contributed by atoms with Gasteiger partial charge in [0.15, 0.2) is 0 Å². The monoisotopic (exact) mass is 156 g/mol. The first-order valence-corrected chi connectivity index (χ1v) is 4.38. The van der Waals surface area contributed by atoms with Gasteiger partial charge in [-0.1, -0.05) is 0 Å². The zero-order valence-corrected chi connectivity index (χ0v) is 7.21. The van der Waals surface area contributed by atoms with E-state index in [1.54, 1.807) is 0 Å². The van der Waals surface area contributed by atoms with Gasteiger partial charge in [0.1, 0.15) is 6.23 Å². The van der Waals surface area contributed by atoms with E-state index in [1.165, 1.54) is 0 Å². The van der Waals surface area contributed by atoms with Crippen LogP contribution in [-0.4, -0.2) is 42.9 Å². The first-order valence-electron chi connectivity index (χ1n) is 4.38. The summed E-state index contributed by atoms with van der Waals surface area (Å²) in [5.41, 5.74) is 0. The molecule has 2 unspecified atom stereocenters. The summed E-state index contributed by atoms with van der Waals surface area (Å²) in [6, 6.07) is 0.656. The molecule has 11 heavy (non-hydrogen) atoms. The minimum Gasteiger partial charge on any atom is -0.356 e. The second-order valence-electron chi connectivity index (χ2n) is 3.70. The van der Waals surface area contributed by atoms with Crippen LogP contribution in [0.5, 0.6) is 0 Å². The van der Waals surface area contributed by atoms with E-state index in [1.807, 2.05) is 0 Å². The summed E-state index contributed by atoms with van der Waals surface area (Å²) in [6.07, 6.45) is 0.743. The molecular formula is C8H16N2O. The summed E-state index contributed by atoms with van der Waals surface area (Å²) in [4.78, 5) is 2.47. The van der Waals surface area contributed by atoms with Crippen molar-refractivity contribution in [2.45, 2.75) is 32.2 Å². The molecule has 2 aliphatic rings. The number of morpholine rings is 1. The van der Waals surface area contributed by atoms with Crippen LogP contribution >= 0.6 is 0 Å². The van der Waals surface area contributed by atoms with Crippen molar-refractivity contribution in [1.29, 1.82) is 0 Å². The minimum absolute atomic E-state index is 0.302. The van der Waals surface area contributed by atoms with Gasteiger partial charge in [0.2, 0.25) is 0 Å². The molecule has 0 spiro atoms. The molecule has 2 rings (SSSR count).